The van der Waals surface area contributed by atoms with Crippen molar-refractivity contribution in [3.05, 3.63) is 0 Å². The molecule has 3 nitrogen and oxygen atoms in total. The maximum atomic E-state index is 8.42. The molecule has 0 spiro atoms. The zero-order valence-corrected chi connectivity index (χ0v) is 8.61. The molecule has 0 bridgehead atoms. The van der Waals surface area contributed by atoms with Gasteiger partial charge >= 0.3 is 85.4 Å². The van der Waals surface area contributed by atoms with Crippen LogP contribution in [0, 0.1) is 39.9 Å². The summed E-state index contributed by atoms with van der Waals surface area (Å²) in [4.78, 5) is 0. The average Bonchev–Trinajstić information content (AvgIpc) is 0.811. The summed E-state index contributed by atoms with van der Waals surface area (Å²) in [6.45, 7) is 0. The SMILES string of the molecule is [Gd+3].[O-]B([O-])[O-].[Sr+2]. The molecule has 0 atom stereocenters. The standard InChI is InChI=1S/BO3.Gd.Sr/c2-1(3)4;;/q-3;+3;+2. The first-order valence-corrected chi connectivity index (χ1v) is 0.707. The van der Waals surface area contributed by atoms with Crippen LogP contribution in [0.4, 0.5) is 0 Å². The first kappa shape index (κ1) is 15.9. The van der Waals surface area contributed by atoms with Gasteiger partial charge in [-0.25, -0.2) is 0 Å². The van der Waals surface area contributed by atoms with Crippen LogP contribution in [-0.4, -0.2) is 52.8 Å². The van der Waals surface area contributed by atoms with E-state index in [-0.39, 0.29) is 85.4 Å². The minimum atomic E-state index is -2.92. The third-order valence-electron chi connectivity index (χ3n) is 0. The molecule has 0 aromatic carbocycles. The summed E-state index contributed by atoms with van der Waals surface area (Å²) in [5, 5.41) is 25.2. The molecule has 1 radical (unpaired) electrons. The largest absolute Gasteiger partial charge is 3.00 e. The molecule has 0 saturated carbocycles. The summed E-state index contributed by atoms with van der Waals surface area (Å²) >= 11 is 0. The molecule has 6 heavy (non-hydrogen) atoms. The minimum absolute atomic E-state index is 0. The van der Waals surface area contributed by atoms with Gasteiger partial charge in [0.1, 0.15) is 0 Å². The van der Waals surface area contributed by atoms with E-state index >= 15 is 0 Å². The van der Waals surface area contributed by atoms with Crippen LogP contribution < -0.4 is 15.1 Å². The van der Waals surface area contributed by atoms with E-state index in [1.54, 1.807) is 0 Å². The molecule has 0 aliphatic carbocycles. The van der Waals surface area contributed by atoms with Crippen LogP contribution in [0.5, 0.6) is 0 Å². The Morgan fingerprint density at radius 2 is 1.00 bits per heavy atom. The van der Waals surface area contributed by atoms with Crippen molar-refractivity contribution >= 4 is 52.8 Å². The predicted molar refractivity (Wildman–Crippen MR) is 11.5 cm³/mol. The Morgan fingerprint density at radius 1 is 1.00 bits per heavy atom. The van der Waals surface area contributed by atoms with Gasteiger partial charge in [0.15, 0.2) is 0 Å². The fourth-order valence-corrected chi connectivity index (χ4v) is 0. The van der Waals surface area contributed by atoms with E-state index in [2.05, 4.69) is 0 Å². The van der Waals surface area contributed by atoms with Gasteiger partial charge in [0.05, 0.1) is 0 Å². The van der Waals surface area contributed by atoms with Gasteiger partial charge in [-0.15, -0.1) is 0 Å². The Morgan fingerprint density at radius 3 is 1.00 bits per heavy atom. The van der Waals surface area contributed by atoms with Gasteiger partial charge in [-0.2, -0.15) is 0 Å². The predicted octanol–water partition coefficient (Wildman–Crippen LogP) is -4.33. The third kappa shape index (κ3) is 29.5. The zero-order valence-electron chi connectivity index (χ0n) is 2.86. The van der Waals surface area contributed by atoms with Gasteiger partial charge in [-0.05, 0) is 0 Å². The first-order valence-electron chi connectivity index (χ1n) is 0.707. The molecule has 0 saturated heterocycles. The Bertz CT molecular complexity index is 15.5. The Balaban J connectivity index is -0.0000000450. The molecule has 29 valence electrons. The molecule has 0 aromatic rings. The average molecular weight is 304 g/mol. The van der Waals surface area contributed by atoms with Crippen LogP contribution in [0.25, 0.3) is 0 Å². The smallest absolute Gasteiger partial charge is 0.907 e. The van der Waals surface area contributed by atoms with Crippen molar-refractivity contribution in [2.75, 3.05) is 0 Å². The van der Waals surface area contributed by atoms with Gasteiger partial charge in [-0.1, -0.05) is 0 Å². The summed E-state index contributed by atoms with van der Waals surface area (Å²) in [5.41, 5.74) is 0. The van der Waals surface area contributed by atoms with Crippen molar-refractivity contribution in [3.63, 3.8) is 0 Å². The molecule has 0 aromatic heterocycles. The summed E-state index contributed by atoms with van der Waals surface area (Å²) < 4.78 is 0. The molecular weight excluding hydrogens is 304 g/mol. The zero-order chi connectivity index (χ0) is 3.58. The summed E-state index contributed by atoms with van der Waals surface area (Å²) in [5.74, 6) is 0. The Kier molecular flexibility index (Phi) is 28.3. The van der Waals surface area contributed by atoms with E-state index in [9.17, 15) is 0 Å². The minimum Gasteiger partial charge on any atom is -0.907 e. The molecule has 0 fully saturated rings. The molecule has 0 unspecified atom stereocenters. The molecule has 0 N–H and O–H groups in total. The Hall–Kier alpha value is 2.75. The van der Waals surface area contributed by atoms with Gasteiger partial charge in [-0.3, -0.25) is 7.32 Å². The maximum absolute atomic E-state index is 8.42. The molecular formula is BGdO3Sr+2. The summed E-state index contributed by atoms with van der Waals surface area (Å²) in [7, 11) is -2.92. The molecule has 0 aliphatic rings. The summed E-state index contributed by atoms with van der Waals surface area (Å²) in [6.07, 6.45) is 0. The number of rotatable bonds is 0. The first-order chi connectivity index (χ1) is 1.73. The van der Waals surface area contributed by atoms with Crippen LogP contribution in [0.3, 0.4) is 0 Å². The van der Waals surface area contributed by atoms with Crippen molar-refractivity contribution < 1.29 is 55.0 Å². The normalized spacial score (nSPS) is 4.50. The van der Waals surface area contributed by atoms with Gasteiger partial charge in [0, 0.05) is 0 Å². The van der Waals surface area contributed by atoms with E-state index in [0.29, 0.717) is 0 Å². The van der Waals surface area contributed by atoms with Crippen LogP contribution in [0.1, 0.15) is 0 Å². The van der Waals surface area contributed by atoms with Gasteiger partial charge in [0.2, 0.25) is 0 Å². The molecule has 0 heterocycles. The van der Waals surface area contributed by atoms with E-state index in [1.807, 2.05) is 0 Å². The van der Waals surface area contributed by atoms with E-state index in [0.717, 1.165) is 0 Å². The topological polar surface area (TPSA) is 69.2 Å². The quantitative estimate of drug-likeness (QED) is 0.425. The van der Waals surface area contributed by atoms with Crippen LogP contribution >= 0.6 is 0 Å². The van der Waals surface area contributed by atoms with Gasteiger partial charge < -0.3 is 15.1 Å². The third-order valence-corrected chi connectivity index (χ3v) is 0. The van der Waals surface area contributed by atoms with Crippen LogP contribution in [-0.2, 0) is 0 Å². The Labute approximate surface area is 105 Å². The van der Waals surface area contributed by atoms with Crippen LogP contribution in [0.15, 0.2) is 0 Å². The molecule has 6 heteroatoms. The van der Waals surface area contributed by atoms with E-state index < -0.39 is 7.32 Å². The fourth-order valence-electron chi connectivity index (χ4n) is 0. The second kappa shape index (κ2) is 10.7. The van der Waals surface area contributed by atoms with E-state index in [1.165, 1.54) is 0 Å². The van der Waals surface area contributed by atoms with E-state index in [4.69, 9.17) is 15.1 Å². The summed E-state index contributed by atoms with van der Waals surface area (Å²) in [6, 6.07) is 0. The van der Waals surface area contributed by atoms with Crippen molar-refractivity contribution in [2.45, 2.75) is 0 Å². The second-order valence-electron chi connectivity index (χ2n) is 0.289. The van der Waals surface area contributed by atoms with Crippen LogP contribution in [0.2, 0.25) is 0 Å². The maximum Gasteiger partial charge on any atom is 3.00 e. The molecule has 0 amide bonds. The number of hydrogen-bond donors (Lipinski definition) is 0. The van der Waals surface area contributed by atoms with Crippen molar-refractivity contribution in [1.82, 2.24) is 0 Å². The van der Waals surface area contributed by atoms with Crippen molar-refractivity contribution in [2.24, 2.45) is 0 Å². The fraction of sp³-hybridized carbons (Fsp3) is 0. The molecule has 0 aliphatic heterocycles. The number of hydrogen-bond acceptors (Lipinski definition) is 3. The van der Waals surface area contributed by atoms with Crippen molar-refractivity contribution in [3.8, 4) is 0 Å². The van der Waals surface area contributed by atoms with Gasteiger partial charge in [0.25, 0.3) is 0 Å². The molecule has 0 rings (SSSR count). The second-order valence-corrected chi connectivity index (χ2v) is 0.289. The van der Waals surface area contributed by atoms with Crippen molar-refractivity contribution in [1.29, 1.82) is 0 Å². The monoisotopic (exact) mass is 305 g/mol.